The van der Waals surface area contributed by atoms with Gasteiger partial charge in [-0.1, -0.05) is 96.7 Å². The van der Waals surface area contributed by atoms with Crippen molar-refractivity contribution in [1.29, 1.82) is 0 Å². The lowest BCUT2D eigenvalue weighted by Crippen LogP contribution is -2.25. The summed E-state index contributed by atoms with van der Waals surface area (Å²) in [6, 6.07) is 26.0. The van der Waals surface area contributed by atoms with Crippen molar-refractivity contribution in [2.45, 2.75) is 45.4 Å². The number of halogens is 1. The molecular formula is C29H30BrNO. The summed E-state index contributed by atoms with van der Waals surface area (Å²) in [4.78, 5) is 12.3. The van der Waals surface area contributed by atoms with E-state index in [-0.39, 0.29) is 5.91 Å². The smallest absolute Gasteiger partial charge is 0.220 e. The van der Waals surface area contributed by atoms with E-state index in [1.165, 1.54) is 51.1 Å². The fourth-order valence-electron chi connectivity index (χ4n) is 4.38. The summed E-state index contributed by atoms with van der Waals surface area (Å²) < 4.78 is 1.07. The molecule has 0 aliphatic carbocycles. The van der Waals surface area contributed by atoms with E-state index in [0.717, 1.165) is 23.7 Å². The number of fused-ring (bicyclic) bond motifs is 2. The maximum Gasteiger partial charge on any atom is 0.220 e. The minimum Gasteiger partial charge on any atom is -0.356 e. The fourth-order valence-corrected chi connectivity index (χ4v) is 4.74. The van der Waals surface area contributed by atoms with E-state index in [9.17, 15) is 4.79 Å². The van der Waals surface area contributed by atoms with Crippen LogP contribution in [0.1, 0.15) is 44.6 Å². The highest BCUT2D eigenvalue weighted by atomic mass is 79.9. The van der Waals surface area contributed by atoms with Crippen molar-refractivity contribution in [2.24, 2.45) is 0 Å². The van der Waals surface area contributed by atoms with Crippen LogP contribution in [0.15, 0.2) is 77.3 Å². The molecule has 0 aliphatic rings. The van der Waals surface area contributed by atoms with Crippen molar-refractivity contribution >= 4 is 43.4 Å². The van der Waals surface area contributed by atoms with E-state index in [2.05, 4.69) is 101 Å². The minimum absolute atomic E-state index is 0.162. The maximum absolute atomic E-state index is 12.3. The van der Waals surface area contributed by atoms with E-state index >= 15 is 0 Å². The van der Waals surface area contributed by atoms with Gasteiger partial charge in [0.25, 0.3) is 0 Å². The number of hydrogen-bond acceptors (Lipinski definition) is 1. The molecule has 3 heteroatoms. The van der Waals surface area contributed by atoms with Crippen LogP contribution >= 0.6 is 15.9 Å². The molecule has 0 atom stereocenters. The number of unbranched alkanes of at least 4 members (excludes halogenated alkanes) is 3. The van der Waals surface area contributed by atoms with Gasteiger partial charge in [-0.25, -0.2) is 0 Å². The summed E-state index contributed by atoms with van der Waals surface area (Å²) in [6.45, 7) is 2.84. The molecule has 0 heterocycles. The first kappa shape index (κ1) is 22.5. The van der Waals surface area contributed by atoms with Gasteiger partial charge < -0.3 is 5.32 Å². The SMILES string of the molecule is CCCCCCC(=O)NCCc1c(-c2ccc3ccccc3c2)ccc2ccc(Br)cc12. The van der Waals surface area contributed by atoms with Crippen LogP contribution in [0.25, 0.3) is 32.7 Å². The van der Waals surface area contributed by atoms with Gasteiger partial charge in [-0.3, -0.25) is 4.79 Å². The number of carbonyl (C=O) groups excluding carboxylic acids is 1. The molecular weight excluding hydrogens is 458 g/mol. The average molecular weight is 488 g/mol. The van der Waals surface area contributed by atoms with Crippen molar-refractivity contribution in [2.75, 3.05) is 6.54 Å². The highest BCUT2D eigenvalue weighted by Crippen LogP contribution is 2.33. The number of rotatable bonds is 9. The number of amides is 1. The van der Waals surface area contributed by atoms with Crippen LogP contribution in [0, 0.1) is 0 Å². The molecule has 4 aromatic carbocycles. The Morgan fingerprint density at radius 3 is 2.47 bits per heavy atom. The second-order valence-corrected chi connectivity index (χ2v) is 9.35. The van der Waals surface area contributed by atoms with E-state index in [1.807, 2.05) is 0 Å². The Kier molecular flexibility index (Phi) is 7.59. The Labute approximate surface area is 199 Å². The van der Waals surface area contributed by atoms with Crippen LogP contribution < -0.4 is 5.32 Å². The molecule has 0 aromatic heterocycles. The zero-order valence-electron chi connectivity index (χ0n) is 18.7. The fraction of sp³-hybridized carbons (Fsp3) is 0.276. The van der Waals surface area contributed by atoms with Crippen LogP contribution in [0.2, 0.25) is 0 Å². The molecule has 0 saturated carbocycles. The third kappa shape index (κ3) is 5.39. The molecule has 1 amide bonds. The van der Waals surface area contributed by atoms with E-state index in [4.69, 9.17) is 0 Å². The Hall–Kier alpha value is -2.65. The predicted octanol–water partition coefficient (Wildman–Crippen LogP) is 8.05. The lowest BCUT2D eigenvalue weighted by atomic mass is 9.91. The second-order valence-electron chi connectivity index (χ2n) is 8.43. The number of carbonyl (C=O) groups is 1. The minimum atomic E-state index is 0.162. The van der Waals surface area contributed by atoms with Crippen molar-refractivity contribution < 1.29 is 4.79 Å². The Morgan fingerprint density at radius 1 is 0.844 bits per heavy atom. The molecule has 32 heavy (non-hydrogen) atoms. The van der Waals surface area contributed by atoms with Crippen LogP contribution in [0.4, 0.5) is 0 Å². The van der Waals surface area contributed by atoms with Gasteiger partial charge in [-0.15, -0.1) is 0 Å². The molecule has 0 spiro atoms. The topological polar surface area (TPSA) is 29.1 Å². The monoisotopic (exact) mass is 487 g/mol. The van der Waals surface area contributed by atoms with Crippen LogP contribution in [-0.2, 0) is 11.2 Å². The molecule has 164 valence electrons. The molecule has 2 nitrogen and oxygen atoms in total. The zero-order valence-corrected chi connectivity index (χ0v) is 20.3. The Balaban J connectivity index is 1.61. The molecule has 0 radical (unpaired) electrons. The molecule has 0 fully saturated rings. The van der Waals surface area contributed by atoms with Crippen LogP contribution in [0.5, 0.6) is 0 Å². The van der Waals surface area contributed by atoms with Crippen molar-refractivity contribution in [3.8, 4) is 11.1 Å². The first-order valence-electron chi connectivity index (χ1n) is 11.6. The lowest BCUT2D eigenvalue weighted by molar-refractivity contribution is -0.121. The summed E-state index contributed by atoms with van der Waals surface area (Å²) >= 11 is 3.64. The van der Waals surface area contributed by atoms with Gasteiger partial charge in [0.2, 0.25) is 5.91 Å². The van der Waals surface area contributed by atoms with Crippen molar-refractivity contribution in [1.82, 2.24) is 5.32 Å². The Morgan fingerprint density at radius 2 is 1.62 bits per heavy atom. The van der Waals surface area contributed by atoms with E-state index in [0.29, 0.717) is 13.0 Å². The van der Waals surface area contributed by atoms with Gasteiger partial charge >= 0.3 is 0 Å². The zero-order chi connectivity index (χ0) is 22.3. The predicted molar refractivity (Wildman–Crippen MR) is 140 cm³/mol. The van der Waals surface area contributed by atoms with Crippen molar-refractivity contribution in [3.63, 3.8) is 0 Å². The highest BCUT2D eigenvalue weighted by Gasteiger charge is 2.12. The number of hydrogen-bond donors (Lipinski definition) is 1. The third-order valence-electron chi connectivity index (χ3n) is 6.11. The normalized spacial score (nSPS) is 11.2. The summed E-state index contributed by atoms with van der Waals surface area (Å²) in [6.07, 6.45) is 5.93. The summed E-state index contributed by atoms with van der Waals surface area (Å²) in [7, 11) is 0. The lowest BCUT2D eigenvalue weighted by Gasteiger charge is -2.15. The van der Waals surface area contributed by atoms with Gasteiger partial charge in [-0.05, 0) is 69.3 Å². The summed E-state index contributed by atoms with van der Waals surface area (Å²) in [5, 5.41) is 8.09. The second kappa shape index (κ2) is 10.8. The average Bonchev–Trinajstić information content (AvgIpc) is 2.81. The highest BCUT2D eigenvalue weighted by molar-refractivity contribution is 9.10. The largest absolute Gasteiger partial charge is 0.356 e. The standard InChI is InChI=1S/C29H30BrNO/c1-2-3-4-5-10-29(32)31-18-17-27-26(16-14-22-13-15-25(30)20-28(22)27)24-12-11-21-8-6-7-9-23(21)19-24/h6-9,11-16,19-20H,2-5,10,17-18H2,1H3,(H,31,32). The van der Waals surface area contributed by atoms with Crippen LogP contribution in [0.3, 0.4) is 0 Å². The van der Waals surface area contributed by atoms with Crippen LogP contribution in [-0.4, -0.2) is 12.5 Å². The molecule has 0 saturated heterocycles. The molecule has 0 unspecified atom stereocenters. The number of benzene rings is 4. The molecule has 0 aliphatic heterocycles. The van der Waals surface area contributed by atoms with E-state index in [1.54, 1.807) is 0 Å². The molecule has 1 N–H and O–H groups in total. The van der Waals surface area contributed by atoms with Gasteiger partial charge in [-0.2, -0.15) is 0 Å². The van der Waals surface area contributed by atoms with Crippen molar-refractivity contribution in [3.05, 3.63) is 82.8 Å². The maximum atomic E-state index is 12.3. The van der Waals surface area contributed by atoms with Gasteiger partial charge in [0.1, 0.15) is 0 Å². The third-order valence-corrected chi connectivity index (χ3v) is 6.60. The number of nitrogens with one attached hydrogen (secondary N) is 1. The molecule has 4 aromatic rings. The van der Waals surface area contributed by atoms with Gasteiger partial charge in [0, 0.05) is 17.4 Å². The molecule has 0 bridgehead atoms. The van der Waals surface area contributed by atoms with Gasteiger partial charge in [0.05, 0.1) is 0 Å². The quantitative estimate of drug-likeness (QED) is 0.237. The summed E-state index contributed by atoms with van der Waals surface area (Å²) in [5.74, 6) is 0.162. The van der Waals surface area contributed by atoms with E-state index < -0.39 is 0 Å². The summed E-state index contributed by atoms with van der Waals surface area (Å²) in [5.41, 5.74) is 3.73. The Bertz CT molecular complexity index is 1230. The van der Waals surface area contributed by atoms with Gasteiger partial charge in [0.15, 0.2) is 0 Å². The first-order chi connectivity index (χ1) is 15.7. The molecule has 4 rings (SSSR count). The first-order valence-corrected chi connectivity index (χ1v) is 12.4.